The molecule has 2 heterocycles. The molecule has 30 heavy (non-hydrogen) atoms. The maximum atomic E-state index is 13.5. The topological polar surface area (TPSA) is 73.8 Å². The summed E-state index contributed by atoms with van der Waals surface area (Å²) in [5, 5.41) is 3.93. The molecule has 5 nitrogen and oxygen atoms in total. The normalized spacial score (nSPS) is 14.7. The van der Waals surface area contributed by atoms with Gasteiger partial charge in [0.1, 0.15) is 5.69 Å². The highest BCUT2D eigenvalue weighted by Gasteiger charge is 2.38. The zero-order valence-electron chi connectivity index (χ0n) is 15.2. The Morgan fingerprint density at radius 3 is 2.37 bits per heavy atom. The number of para-hydroxylation sites is 1. The summed E-state index contributed by atoms with van der Waals surface area (Å²) in [6, 6.07) is 3.66. The highest BCUT2D eigenvalue weighted by molar-refractivity contribution is 5.94. The lowest BCUT2D eigenvalue weighted by molar-refractivity contribution is -0.142. The second-order valence-corrected chi connectivity index (χ2v) is 6.98. The fourth-order valence-corrected chi connectivity index (χ4v) is 3.78. The highest BCUT2D eigenvalue weighted by atomic mass is 19.4. The van der Waals surface area contributed by atoms with Gasteiger partial charge in [-0.25, -0.2) is 9.67 Å². The maximum Gasteiger partial charge on any atom is 0.433 e. The van der Waals surface area contributed by atoms with Crippen LogP contribution in [0.25, 0.3) is 16.6 Å². The summed E-state index contributed by atoms with van der Waals surface area (Å²) in [5.74, 6) is -0.850. The second-order valence-electron chi connectivity index (χ2n) is 6.98. The molecule has 2 aromatic heterocycles. The van der Waals surface area contributed by atoms with Crippen LogP contribution in [0.1, 0.15) is 45.8 Å². The van der Waals surface area contributed by atoms with Crippen LogP contribution in [0, 0.1) is 0 Å². The van der Waals surface area contributed by atoms with Crippen LogP contribution in [0.5, 0.6) is 0 Å². The molecule has 2 N–H and O–H groups in total. The van der Waals surface area contributed by atoms with Crippen molar-refractivity contribution in [3.8, 4) is 5.69 Å². The molecule has 3 aromatic rings. The van der Waals surface area contributed by atoms with Gasteiger partial charge >= 0.3 is 12.4 Å². The number of pyridine rings is 1. The van der Waals surface area contributed by atoms with Gasteiger partial charge < -0.3 is 5.73 Å². The van der Waals surface area contributed by atoms with Gasteiger partial charge in [-0.2, -0.15) is 31.4 Å². The van der Waals surface area contributed by atoms with E-state index in [1.165, 1.54) is 6.07 Å². The van der Waals surface area contributed by atoms with Crippen LogP contribution in [0.2, 0.25) is 0 Å². The van der Waals surface area contributed by atoms with Gasteiger partial charge in [-0.05, 0) is 37.8 Å². The van der Waals surface area contributed by atoms with E-state index in [0.717, 1.165) is 17.2 Å². The minimum Gasteiger partial charge on any atom is -0.364 e. The van der Waals surface area contributed by atoms with Crippen molar-refractivity contribution in [2.75, 3.05) is 0 Å². The number of benzene rings is 1. The Balaban J connectivity index is 2.11. The van der Waals surface area contributed by atoms with Gasteiger partial charge in [0.05, 0.1) is 16.8 Å². The van der Waals surface area contributed by atoms with Crippen LogP contribution in [-0.2, 0) is 25.2 Å². The molecule has 1 aliphatic rings. The number of amides is 1. The lowest BCUT2D eigenvalue weighted by atomic mass is 9.95. The van der Waals surface area contributed by atoms with Crippen LogP contribution in [-0.4, -0.2) is 20.7 Å². The maximum absolute atomic E-state index is 13.5. The van der Waals surface area contributed by atoms with Crippen LogP contribution >= 0.6 is 0 Å². The van der Waals surface area contributed by atoms with Crippen LogP contribution in [0.15, 0.2) is 24.3 Å². The lowest BCUT2D eigenvalue weighted by Crippen LogP contribution is -2.15. The van der Waals surface area contributed by atoms with Crippen molar-refractivity contribution in [2.24, 2.45) is 5.73 Å². The van der Waals surface area contributed by atoms with E-state index in [1.807, 2.05) is 0 Å². The molecule has 1 aromatic carbocycles. The predicted molar refractivity (Wildman–Crippen MR) is 94.0 cm³/mol. The van der Waals surface area contributed by atoms with Gasteiger partial charge in [-0.1, -0.05) is 12.1 Å². The number of nitrogens with two attached hydrogens (primary N) is 1. The summed E-state index contributed by atoms with van der Waals surface area (Å²) in [7, 11) is 0. The van der Waals surface area contributed by atoms with E-state index in [0.29, 0.717) is 42.7 Å². The summed E-state index contributed by atoms with van der Waals surface area (Å²) < 4.78 is 81.9. The van der Waals surface area contributed by atoms with Crippen molar-refractivity contribution >= 4 is 16.8 Å². The van der Waals surface area contributed by atoms with Crippen LogP contribution in [0.4, 0.5) is 26.3 Å². The fourth-order valence-electron chi connectivity index (χ4n) is 3.78. The fraction of sp³-hybridized carbons (Fsp3) is 0.316. The van der Waals surface area contributed by atoms with E-state index in [9.17, 15) is 31.1 Å². The van der Waals surface area contributed by atoms with E-state index in [4.69, 9.17) is 5.73 Å². The van der Waals surface area contributed by atoms with E-state index >= 15 is 0 Å². The Morgan fingerprint density at radius 2 is 1.73 bits per heavy atom. The lowest BCUT2D eigenvalue weighted by Gasteiger charge is -2.18. The molecule has 0 unspecified atom stereocenters. The molecule has 158 valence electrons. The van der Waals surface area contributed by atoms with Crippen molar-refractivity contribution < 1.29 is 31.1 Å². The first-order valence-electron chi connectivity index (χ1n) is 8.97. The third-order valence-electron chi connectivity index (χ3n) is 5.06. The molecule has 4 rings (SSSR count). The molecular formula is C19H14F6N4O. The molecule has 0 saturated carbocycles. The molecule has 1 amide bonds. The summed E-state index contributed by atoms with van der Waals surface area (Å²) in [6.07, 6.45) is -7.60. The molecule has 0 bridgehead atoms. The second kappa shape index (κ2) is 6.71. The summed E-state index contributed by atoms with van der Waals surface area (Å²) in [6.45, 7) is 0. The van der Waals surface area contributed by atoms with Gasteiger partial charge in [-0.3, -0.25) is 4.79 Å². The first-order valence-corrected chi connectivity index (χ1v) is 8.97. The molecule has 0 fully saturated rings. The average Bonchev–Trinajstić information content (AvgIpc) is 3.05. The Bertz CT molecular complexity index is 1160. The number of halogens is 6. The van der Waals surface area contributed by atoms with Crippen molar-refractivity contribution in [1.82, 2.24) is 14.8 Å². The van der Waals surface area contributed by atoms with Gasteiger partial charge in [0, 0.05) is 16.6 Å². The predicted octanol–water partition coefficient (Wildman–Crippen LogP) is 4.44. The number of alkyl halides is 6. The van der Waals surface area contributed by atoms with Crippen molar-refractivity contribution in [1.29, 1.82) is 0 Å². The molecule has 11 heteroatoms. The number of nitrogens with zero attached hydrogens (tertiary/aromatic N) is 3. The van der Waals surface area contributed by atoms with E-state index < -0.39 is 35.0 Å². The number of rotatable bonds is 2. The van der Waals surface area contributed by atoms with Gasteiger partial charge in [0.2, 0.25) is 0 Å². The Labute approximate surface area is 165 Å². The van der Waals surface area contributed by atoms with E-state index in [1.54, 1.807) is 0 Å². The molecular weight excluding hydrogens is 414 g/mol. The minimum absolute atomic E-state index is 0.0878. The first kappa shape index (κ1) is 20.2. The van der Waals surface area contributed by atoms with Gasteiger partial charge in [0.25, 0.3) is 5.91 Å². The number of primary amides is 1. The number of hydrogen-bond donors (Lipinski definition) is 1. The number of hydrogen-bond acceptors (Lipinski definition) is 3. The molecule has 0 radical (unpaired) electrons. The number of carbonyl (C=O) groups is 1. The Morgan fingerprint density at radius 1 is 1.03 bits per heavy atom. The van der Waals surface area contributed by atoms with Crippen molar-refractivity contribution in [2.45, 2.75) is 38.0 Å². The standard InChI is InChI=1S/C19H14F6N4O/c20-18(21,22)11-6-3-5-10-13(8-14(19(23,24)25)27-15(10)11)29-12-7-2-1-4-9(12)16(28-29)17(26)30/h3,5-6,8H,1-2,4,7H2,(H2,26,30). The first-order chi connectivity index (χ1) is 14.0. The average molecular weight is 428 g/mol. The van der Waals surface area contributed by atoms with E-state index in [-0.39, 0.29) is 16.8 Å². The highest BCUT2D eigenvalue weighted by Crippen LogP contribution is 2.39. The smallest absolute Gasteiger partial charge is 0.364 e. The zero-order valence-corrected chi connectivity index (χ0v) is 15.2. The van der Waals surface area contributed by atoms with Crippen molar-refractivity contribution in [3.05, 3.63) is 52.5 Å². The van der Waals surface area contributed by atoms with Gasteiger partial charge in [0.15, 0.2) is 5.69 Å². The SMILES string of the molecule is NC(=O)c1nn(-c2cc(C(F)(F)F)nc3c(C(F)(F)F)cccc23)c2c1CCCC2. The minimum atomic E-state index is -4.98. The molecule has 0 atom stereocenters. The number of aromatic nitrogens is 3. The number of fused-ring (bicyclic) bond motifs is 2. The Hall–Kier alpha value is -3.11. The van der Waals surface area contributed by atoms with Crippen LogP contribution in [0.3, 0.4) is 0 Å². The summed E-state index contributed by atoms with van der Waals surface area (Å²) in [5.41, 5.74) is 2.42. The Kier molecular flexibility index (Phi) is 4.51. The zero-order chi connectivity index (χ0) is 21.8. The molecule has 0 saturated heterocycles. The third-order valence-corrected chi connectivity index (χ3v) is 5.06. The third kappa shape index (κ3) is 3.27. The quantitative estimate of drug-likeness (QED) is 0.614. The van der Waals surface area contributed by atoms with Crippen LogP contribution < -0.4 is 5.73 Å². The van der Waals surface area contributed by atoms with E-state index in [2.05, 4.69) is 10.1 Å². The summed E-state index contributed by atoms with van der Waals surface area (Å²) >= 11 is 0. The summed E-state index contributed by atoms with van der Waals surface area (Å²) in [4.78, 5) is 15.1. The molecule has 0 spiro atoms. The molecule has 1 aliphatic carbocycles. The largest absolute Gasteiger partial charge is 0.433 e. The monoisotopic (exact) mass is 428 g/mol. The molecule has 0 aliphatic heterocycles. The van der Waals surface area contributed by atoms with Gasteiger partial charge in [-0.15, -0.1) is 0 Å². The van der Waals surface area contributed by atoms with Crippen molar-refractivity contribution in [3.63, 3.8) is 0 Å². The number of carbonyl (C=O) groups excluding carboxylic acids is 1.